The van der Waals surface area contributed by atoms with Crippen molar-refractivity contribution in [1.82, 2.24) is 24.5 Å². The van der Waals surface area contributed by atoms with Gasteiger partial charge in [0.25, 0.3) is 0 Å². The third-order valence-corrected chi connectivity index (χ3v) is 14.5. The zero-order valence-corrected chi connectivity index (χ0v) is 40.8. The number of likely N-dealkylation sites (tertiary alicyclic amines) is 3. The van der Waals surface area contributed by atoms with E-state index in [9.17, 15) is 0 Å². The van der Waals surface area contributed by atoms with Gasteiger partial charge < -0.3 is 29.2 Å². The van der Waals surface area contributed by atoms with E-state index in [-0.39, 0.29) is 0 Å². The Bertz CT molecular complexity index is 1360. The lowest BCUT2D eigenvalue weighted by Crippen LogP contribution is -2.36. The monoisotopic (exact) mass is 842 g/mol. The van der Waals surface area contributed by atoms with E-state index < -0.39 is 0 Å². The summed E-state index contributed by atoms with van der Waals surface area (Å²) in [6, 6.07) is 0. The van der Waals surface area contributed by atoms with Crippen LogP contribution in [-0.2, 0) is 4.74 Å². The zero-order valence-electron chi connectivity index (χ0n) is 40.8. The largest absolute Gasteiger partial charge is 0.384 e. The van der Waals surface area contributed by atoms with Gasteiger partial charge >= 0.3 is 0 Å². The Kier molecular flexibility index (Phi) is 23.5. The first-order valence-electron chi connectivity index (χ1n) is 26.2. The highest BCUT2D eigenvalue weighted by atomic mass is 16.5. The van der Waals surface area contributed by atoms with E-state index in [1.807, 2.05) is 0 Å². The maximum atomic E-state index is 5.36. The molecule has 0 N–H and O–H groups in total. The molecule has 9 aliphatic rings. The predicted octanol–water partition coefficient (Wildman–Crippen LogP) is 13.8. The molecule has 61 heavy (non-hydrogen) atoms. The number of hydrogen-bond donors (Lipinski definition) is 0. The molecule has 4 heterocycles. The molecule has 1 unspecified atom stereocenters. The summed E-state index contributed by atoms with van der Waals surface area (Å²) in [7, 11) is 4.15. The first-order chi connectivity index (χ1) is 29.9. The second-order valence-corrected chi connectivity index (χ2v) is 20.0. The summed E-state index contributed by atoms with van der Waals surface area (Å²) < 4.78 is 5.36. The van der Waals surface area contributed by atoms with Crippen molar-refractivity contribution in [3.05, 3.63) is 70.0 Å². The van der Waals surface area contributed by atoms with E-state index in [1.54, 1.807) is 39.5 Å². The summed E-state index contributed by atoms with van der Waals surface area (Å²) in [5, 5.41) is 0. The minimum Gasteiger partial charge on any atom is -0.384 e. The average Bonchev–Trinajstić information content (AvgIpc) is 3.32. The standard InChI is InChI=1S/2C12H21N.C11H19NO.C11H19N.C9H15N/c1-11-7-3-4-8-12(11)13-9-5-2-6-10-13;1-11-6-5-7-12(10-11)13-8-3-2-4-9-13;1-10-4-2-3-5-11(10)12-6-8-13-9-7-12;1-3-7-11(8-4-1)12-9-5-2-6-10-12;1-10(2)8-9-6-4-3-5-7-9/h2-10H2,1H3;10-11H,2-9H2,1H3;2-9H2,1H3;7H,1-6,8-10H2;3-4,8H,5-7H2,1-2H3. The van der Waals surface area contributed by atoms with E-state index in [0.717, 1.165) is 38.6 Å². The molecule has 4 fully saturated rings. The van der Waals surface area contributed by atoms with Crippen molar-refractivity contribution in [1.29, 1.82) is 0 Å². The molecule has 0 aromatic carbocycles. The smallest absolute Gasteiger partial charge is 0.0642 e. The summed E-state index contributed by atoms with van der Waals surface area (Å²) in [6.07, 6.45) is 48.7. The van der Waals surface area contributed by atoms with Crippen LogP contribution in [-0.4, -0.2) is 104 Å². The van der Waals surface area contributed by atoms with E-state index in [4.69, 9.17) is 4.74 Å². The number of allylic oxidation sites excluding steroid dienone is 11. The van der Waals surface area contributed by atoms with Gasteiger partial charge in [0.1, 0.15) is 0 Å². The van der Waals surface area contributed by atoms with E-state index >= 15 is 0 Å². The molecule has 0 aromatic rings. The molecule has 9 rings (SSSR count). The number of piperidine rings is 3. The molecule has 0 aromatic heterocycles. The normalized spacial score (nSPS) is 25.7. The number of rotatable bonds is 5. The topological polar surface area (TPSA) is 25.4 Å². The van der Waals surface area contributed by atoms with Crippen molar-refractivity contribution in [3.8, 4) is 0 Å². The molecule has 5 aliphatic carbocycles. The lowest BCUT2D eigenvalue weighted by molar-refractivity contribution is 0.0507. The number of nitrogens with zero attached hydrogens (tertiary/aromatic N) is 5. The molecule has 0 spiro atoms. The zero-order chi connectivity index (χ0) is 42.9. The molecule has 6 nitrogen and oxygen atoms in total. The summed E-state index contributed by atoms with van der Waals surface area (Å²) in [5.74, 6) is 0.825. The fraction of sp³-hybridized carbons (Fsp3) is 0.782. The van der Waals surface area contributed by atoms with Crippen LogP contribution < -0.4 is 0 Å². The molecule has 0 saturated carbocycles. The van der Waals surface area contributed by atoms with Crippen LogP contribution in [0.15, 0.2) is 70.0 Å². The predicted molar refractivity (Wildman–Crippen MR) is 263 cm³/mol. The van der Waals surface area contributed by atoms with Gasteiger partial charge in [0.15, 0.2) is 0 Å². The van der Waals surface area contributed by atoms with Crippen molar-refractivity contribution in [2.75, 3.05) is 79.7 Å². The number of morpholine rings is 1. The molecule has 6 heteroatoms. The second-order valence-electron chi connectivity index (χ2n) is 20.0. The van der Waals surface area contributed by atoms with Gasteiger partial charge in [-0.15, -0.1) is 0 Å². The molecule has 1 atom stereocenters. The van der Waals surface area contributed by atoms with Crippen molar-refractivity contribution >= 4 is 0 Å². The minimum absolute atomic E-state index is 0.825. The van der Waals surface area contributed by atoms with Gasteiger partial charge in [0, 0.05) is 89.2 Å². The van der Waals surface area contributed by atoms with Crippen molar-refractivity contribution in [2.45, 2.75) is 194 Å². The summed E-state index contributed by atoms with van der Waals surface area (Å²) >= 11 is 0. The van der Waals surface area contributed by atoms with Gasteiger partial charge in [-0.25, -0.2) is 0 Å². The van der Waals surface area contributed by atoms with Crippen LogP contribution in [0.4, 0.5) is 0 Å². The Morgan fingerprint density at radius 2 is 1.02 bits per heavy atom. The Labute approximate surface area is 377 Å². The molecule has 0 bridgehead atoms. The van der Waals surface area contributed by atoms with Crippen LogP contribution in [0.1, 0.15) is 194 Å². The summed E-state index contributed by atoms with van der Waals surface area (Å²) in [5.41, 5.74) is 11.5. The average molecular weight is 842 g/mol. The van der Waals surface area contributed by atoms with Crippen LogP contribution in [0.3, 0.4) is 0 Å². The Balaban J connectivity index is 0.000000145. The van der Waals surface area contributed by atoms with Gasteiger partial charge in [-0.3, -0.25) is 0 Å². The van der Waals surface area contributed by atoms with Gasteiger partial charge in [0.2, 0.25) is 0 Å². The molecule has 346 valence electrons. The molecule has 0 amide bonds. The fourth-order valence-electron chi connectivity index (χ4n) is 11.0. The van der Waals surface area contributed by atoms with Gasteiger partial charge in [-0.1, -0.05) is 47.9 Å². The molecule has 4 saturated heterocycles. The lowest BCUT2D eigenvalue weighted by atomic mass is 9.94. The van der Waals surface area contributed by atoms with Crippen LogP contribution in [0.25, 0.3) is 0 Å². The molecular formula is C55H95N5O. The number of ether oxygens (including phenoxy) is 1. The Morgan fingerprint density at radius 1 is 0.508 bits per heavy atom. The van der Waals surface area contributed by atoms with Crippen LogP contribution >= 0.6 is 0 Å². The lowest BCUT2D eigenvalue weighted by Gasteiger charge is -2.34. The van der Waals surface area contributed by atoms with Crippen molar-refractivity contribution in [3.63, 3.8) is 0 Å². The second kappa shape index (κ2) is 29.0. The SMILES string of the molecule is C1=C(N2CCCCC2)CCCC1.CC1=C(N2CCCCC2)CCCC1.CC1=C(N2CCOCC2)CCCC1.CC1C=C(N2CCCCC2)CCC1.CN(C)C=C1CC=CCC1. The Hall–Kier alpha value is -2.60. The van der Waals surface area contributed by atoms with Crippen molar-refractivity contribution in [2.24, 2.45) is 5.92 Å². The minimum atomic E-state index is 0.825. The third kappa shape index (κ3) is 18.6. The molecule has 0 radical (unpaired) electrons. The highest BCUT2D eigenvalue weighted by Crippen LogP contribution is 2.30. The van der Waals surface area contributed by atoms with E-state index in [2.05, 4.69) is 89.9 Å². The third-order valence-electron chi connectivity index (χ3n) is 14.5. The molecule has 4 aliphatic heterocycles. The number of hydrogen-bond acceptors (Lipinski definition) is 6. The van der Waals surface area contributed by atoms with Crippen LogP contribution in [0.5, 0.6) is 0 Å². The maximum Gasteiger partial charge on any atom is 0.0642 e. The quantitative estimate of drug-likeness (QED) is 0.256. The summed E-state index contributed by atoms with van der Waals surface area (Å²) in [6.45, 7) is 19.0. The van der Waals surface area contributed by atoms with Crippen molar-refractivity contribution < 1.29 is 4.74 Å². The van der Waals surface area contributed by atoms with Crippen LogP contribution in [0, 0.1) is 5.92 Å². The maximum absolute atomic E-state index is 5.36. The summed E-state index contributed by atoms with van der Waals surface area (Å²) in [4.78, 5) is 12.5. The Morgan fingerprint density at radius 3 is 1.51 bits per heavy atom. The highest BCUT2D eigenvalue weighted by molar-refractivity contribution is 5.16. The van der Waals surface area contributed by atoms with E-state index in [0.29, 0.717) is 0 Å². The van der Waals surface area contributed by atoms with Crippen LogP contribution in [0.2, 0.25) is 0 Å². The van der Waals surface area contributed by atoms with E-state index in [1.165, 1.54) is 206 Å². The van der Waals surface area contributed by atoms with Gasteiger partial charge in [-0.2, -0.15) is 0 Å². The highest BCUT2D eigenvalue weighted by Gasteiger charge is 2.20. The fourth-order valence-corrected chi connectivity index (χ4v) is 11.0. The first kappa shape index (κ1) is 49.4. The molecular weight excluding hydrogens is 747 g/mol. The first-order valence-corrected chi connectivity index (χ1v) is 26.2. The van der Waals surface area contributed by atoms with Gasteiger partial charge in [-0.05, 0) is 199 Å². The van der Waals surface area contributed by atoms with Gasteiger partial charge in [0.05, 0.1) is 13.2 Å².